The molecule has 0 spiro atoms. The van der Waals surface area contributed by atoms with Gasteiger partial charge in [0, 0.05) is 0 Å². The molecule has 1 nitrogen and oxygen atoms in total. The lowest BCUT2D eigenvalue weighted by Crippen LogP contribution is -2.47. The second-order valence-corrected chi connectivity index (χ2v) is 8.52. The van der Waals surface area contributed by atoms with Crippen LogP contribution in [0.2, 0.25) is 0 Å². The Hall–Kier alpha value is 0.250. The molecule has 0 atom stereocenters. The first-order valence-corrected chi connectivity index (χ1v) is 9.02. The number of hydrogen-bond acceptors (Lipinski definition) is 1. The van der Waals surface area contributed by atoms with E-state index < -0.39 is 0 Å². The van der Waals surface area contributed by atoms with Crippen molar-refractivity contribution in [3.05, 3.63) is 0 Å². The van der Waals surface area contributed by atoms with Gasteiger partial charge in [-0.1, -0.05) is 12.8 Å². The number of hydrogen-bond donors (Lipinski definition) is 1. The fourth-order valence-corrected chi connectivity index (χ4v) is 6.47. The molecule has 4 bridgehead atoms. The summed E-state index contributed by atoms with van der Waals surface area (Å²) >= 11 is 0. The molecule has 0 aromatic rings. The van der Waals surface area contributed by atoms with Crippen LogP contribution in [0.15, 0.2) is 0 Å². The summed E-state index contributed by atoms with van der Waals surface area (Å²) in [7, 11) is 0. The molecule has 20 heavy (non-hydrogen) atoms. The molecule has 5 aliphatic carbocycles. The van der Waals surface area contributed by atoms with Crippen LogP contribution < -0.4 is 5.32 Å². The van der Waals surface area contributed by atoms with Crippen molar-refractivity contribution in [1.82, 2.24) is 5.32 Å². The first kappa shape index (κ1) is 15.2. The van der Waals surface area contributed by atoms with Crippen molar-refractivity contribution in [3.63, 3.8) is 0 Å². The average Bonchev–Trinajstić information content (AvgIpc) is 2.86. The summed E-state index contributed by atoms with van der Waals surface area (Å²) in [5.41, 5.74) is 0.789. The van der Waals surface area contributed by atoms with Crippen molar-refractivity contribution >= 4 is 12.4 Å². The van der Waals surface area contributed by atoms with E-state index in [2.05, 4.69) is 5.32 Å². The summed E-state index contributed by atoms with van der Waals surface area (Å²) in [4.78, 5) is 0. The summed E-state index contributed by atoms with van der Waals surface area (Å²) < 4.78 is 0. The molecule has 2 heteroatoms. The summed E-state index contributed by atoms with van der Waals surface area (Å²) in [6.45, 7) is 2.62. The van der Waals surface area contributed by atoms with Crippen LogP contribution in [0.3, 0.4) is 0 Å². The topological polar surface area (TPSA) is 12.0 Å². The third-order valence-corrected chi connectivity index (χ3v) is 6.90. The zero-order valence-corrected chi connectivity index (χ0v) is 13.7. The normalized spacial score (nSPS) is 42.9. The zero-order chi connectivity index (χ0) is 12.7. The fourth-order valence-electron chi connectivity index (χ4n) is 6.47. The molecule has 5 saturated carbocycles. The van der Waals surface area contributed by atoms with Gasteiger partial charge in [0.05, 0.1) is 0 Å². The third-order valence-electron chi connectivity index (χ3n) is 6.90. The van der Waals surface area contributed by atoms with E-state index in [0.29, 0.717) is 0 Å². The first-order valence-electron chi connectivity index (χ1n) is 9.02. The Morgan fingerprint density at radius 1 is 0.850 bits per heavy atom. The Bertz CT molecular complexity index is 286. The molecule has 0 radical (unpaired) electrons. The number of halogens is 1. The van der Waals surface area contributed by atoms with E-state index in [9.17, 15) is 0 Å². The Morgan fingerprint density at radius 2 is 1.40 bits per heavy atom. The van der Waals surface area contributed by atoms with E-state index in [1.54, 1.807) is 38.5 Å². The maximum Gasteiger partial charge on any atom is -0.00205 e. The van der Waals surface area contributed by atoms with Crippen molar-refractivity contribution in [1.29, 1.82) is 0 Å². The van der Waals surface area contributed by atoms with Gasteiger partial charge >= 0.3 is 0 Å². The second kappa shape index (κ2) is 6.16. The highest BCUT2D eigenvalue weighted by atomic mass is 35.5. The maximum atomic E-state index is 3.80. The van der Waals surface area contributed by atoms with Crippen molar-refractivity contribution in [2.75, 3.05) is 13.1 Å². The minimum atomic E-state index is 0. The molecule has 0 heterocycles. The highest BCUT2D eigenvalue weighted by Gasteiger charge is 2.50. The molecule has 0 unspecified atom stereocenters. The predicted octanol–water partition coefficient (Wildman–Crippen LogP) is 4.79. The van der Waals surface area contributed by atoms with E-state index >= 15 is 0 Å². The highest BCUT2D eigenvalue weighted by Crippen LogP contribution is 2.61. The van der Waals surface area contributed by atoms with E-state index in [-0.39, 0.29) is 12.4 Å². The standard InChI is InChI=1S/C18H31N.ClH/c1-2-4-14(3-1)13-19-6-5-18-10-15-7-16(11-18)9-17(8-15)12-18;/h14-17,19H,1-13H2;1H. The van der Waals surface area contributed by atoms with E-state index in [0.717, 1.165) is 29.1 Å². The lowest BCUT2D eigenvalue weighted by Gasteiger charge is -2.57. The Balaban J connectivity index is 0.00000121. The van der Waals surface area contributed by atoms with E-state index in [1.807, 2.05) is 0 Å². The molecular formula is C18H32ClN. The molecule has 5 aliphatic rings. The van der Waals surface area contributed by atoms with Gasteiger partial charge in [0.25, 0.3) is 0 Å². The van der Waals surface area contributed by atoms with Crippen LogP contribution in [0.25, 0.3) is 0 Å². The van der Waals surface area contributed by atoms with Gasteiger partial charge in [-0.15, -0.1) is 12.4 Å². The molecule has 0 aromatic carbocycles. The van der Waals surface area contributed by atoms with Crippen molar-refractivity contribution in [3.8, 4) is 0 Å². The van der Waals surface area contributed by atoms with Crippen LogP contribution in [0, 0.1) is 29.1 Å². The third kappa shape index (κ3) is 3.04. The molecule has 5 fully saturated rings. The molecule has 116 valence electrons. The van der Waals surface area contributed by atoms with Crippen molar-refractivity contribution in [2.24, 2.45) is 29.1 Å². The van der Waals surface area contributed by atoms with Crippen molar-refractivity contribution < 1.29 is 0 Å². The zero-order valence-electron chi connectivity index (χ0n) is 12.9. The minimum absolute atomic E-state index is 0. The van der Waals surface area contributed by atoms with Crippen molar-refractivity contribution in [2.45, 2.75) is 70.6 Å². The molecule has 1 N–H and O–H groups in total. The average molecular weight is 298 g/mol. The van der Waals surface area contributed by atoms with Crippen LogP contribution in [0.4, 0.5) is 0 Å². The van der Waals surface area contributed by atoms with Gasteiger partial charge in [-0.3, -0.25) is 0 Å². The SMILES string of the molecule is C1CCC(CNCCC23CC4CC(CC(C4)C2)C3)C1.Cl. The van der Waals surface area contributed by atoms with Crippen LogP contribution >= 0.6 is 12.4 Å². The minimum Gasteiger partial charge on any atom is -0.316 e. The molecule has 0 saturated heterocycles. The molecular weight excluding hydrogens is 266 g/mol. The lowest BCUT2D eigenvalue weighted by molar-refractivity contribution is -0.0567. The van der Waals surface area contributed by atoms with Gasteiger partial charge in [0.1, 0.15) is 0 Å². The van der Waals surface area contributed by atoms with Crippen LogP contribution in [-0.2, 0) is 0 Å². The number of rotatable bonds is 5. The summed E-state index contributed by atoms with van der Waals surface area (Å²) in [5, 5.41) is 3.80. The van der Waals surface area contributed by atoms with Crippen LogP contribution in [0.5, 0.6) is 0 Å². The Labute approximate surface area is 131 Å². The predicted molar refractivity (Wildman–Crippen MR) is 87.3 cm³/mol. The summed E-state index contributed by atoms with van der Waals surface area (Å²) in [6.07, 6.45) is 17.0. The second-order valence-electron chi connectivity index (χ2n) is 8.52. The van der Waals surface area contributed by atoms with Gasteiger partial charge in [-0.2, -0.15) is 0 Å². The largest absolute Gasteiger partial charge is 0.316 e. The van der Waals surface area contributed by atoms with Gasteiger partial charge in [-0.25, -0.2) is 0 Å². The first-order chi connectivity index (χ1) is 9.31. The van der Waals surface area contributed by atoms with Gasteiger partial charge in [0.15, 0.2) is 0 Å². The monoisotopic (exact) mass is 297 g/mol. The summed E-state index contributed by atoms with van der Waals surface area (Å²) in [6, 6.07) is 0. The van der Waals surface area contributed by atoms with E-state index in [4.69, 9.17) is 0 Å². The molecule has 0 aliphatic heterocycles. The van der Waals surface area contributed by atoms with E-state index in [1.165, 1.54) is 45.2 Å². The lowest BCUT2D eigenvalue weighted by atomic mass is 9.49. The Morgan fingerprint density at radius 3 is 1.95 bits per heavy atom. The number of nitrogens with one attached hydrogen (secondary N) is 1. The molecule has 0 aromatic heterocycles. The smallest absolute Gasteiger partial charge is 0.00205 e. The van der Waals surface area contributed by atoms with Gasteiger partial charge in [0.2, 0.25) is 0 Å². The van der Waals surface area contributed by atoms with Gasteiger partial charge in [-0.05, 0) is 100.0 Å². The highest BCUT2D eigenvalue weighted by molar-refractivity contribution is 5.85. The van der Waals surface area contributed by atoms with Gasteiger partial charge < -0.3 is 5.32 Å². The molecule has 5 rings (SSSR count). The fraction of sp³-hybridized carbons (Fsp3) is 1.00. The summed E-state index contributed by atoms with van der Waals surface area (Å²) in [5.74, 6) is 4.39. The Kier molecular flexibility index (Phi) is 4.67. The quantitative estimate of drug-likeness (QED) is 0.719. The van der Waals surface area contributed by atoms with Crippen LogP contribution in [0.1, 0.15) is 70.6 Å². The maximum absolute atomic E-state index is 3.80. The molecule has 0 amide bonds. The van der Waals surface area contributed by atoms with Crippen LogP contribution in [-0.4, -0.2) is 13.1 Å².